The Kier molecular flexibility index (Phi) is 5.96. The summed E-state index contributed by atoms with van der Waals surface area (Å²) in [5.74, 6) is 0.941. The molecule has 2 saturated carbocycles. The summed E-state index contributed by atoms with van der Waals surface area (Å²) in [7, 11) is 3.10. The molecule has 8 heteroatoms. The molecule has 1 aromatic carbocycles. The van der Waals surface area contributed by atoms with Crippen molar-refractivity contribution >= 4 is 11.8 Å². The van der Waals surface area contributed by atoms with E-state index in [9.17, 15) is 18.0 Å². The maximum atomic E-state index is 13.5. The minimum Gasteiger partial charge on any atom is -0.487 e. The van der Waals surface area contributed by atoms with E-state index in [-0.39, 0.29) is 35.3 Å². The first kappa shape index (κ1) is 23.9. The minimum absolute atomic E-state index is 0.0394. The standard InChI is InChI=1S/C27H31F3N2O3/c1-16(25(33)34-3)23(18-7-8-18)19-9-6-17-10-11-26(35-22(17)13-19)14-20(15-26)32(2)24-21(27(28,29)30)5-4-12-31-24/h4-6,9,12-13,16,18,20,23H,7-8,10-11,14-15H2,1-3H3/t16-,20?,23-,26?/m0/s1. The summed E-state index contributed by atoms with van der Waals surface area (Å²) in [6.45, 7) is 1.93. The summed E-state index contributed by atoms with van der Waals surface area (Å²) in [6.07, 6.45) is 2.15. The molecule has 2 heterocycles. The molecule has 2 atom stereocenters. The normalized spacial score (nSPS) is 25.1. The number of ether oxygens (including phenoxy) is 2. The lowest BCUT2D eigenvalue weighted by Crippen LogP contribution is -2.59. The van der Waals surface area contributed by atoms with Gasteiger partial charge in [-0.2, -0.15) is 13.2 Å². The van der Waals surface area contributed by atoms with Crippen molar-refractivity contribution < 1.29 is 27.4 Å². The molecule has 2 fully saturated rings. The molecule has 1 aromatic heterocycles. The summed E-state index contributed by atoms with van der Waals surface area (Å²) in [6, 6.07) is 8.61. The quantitative estimate of drug-likeness (QED) is 0.484. The third-order valence-corrected chi connectivity index (χ3v) is 8.08. The summed E-state index contributed by atoms with van der Waals surface area (Å²) in [5, 5.41) is 0. The van der Waals surface area contributed by atoms with Gasteiger partial charge in [-0.25, -0.2) is 4.98 Å². The lowest BCUT2D eigenvalue weighted by Gasteiger charge is -2.53. The van der Waals surface area contributed by atoms with Gasteiger partial charge in [-0.1, -0.05) is 19.1 Å². The van der Waals surface area contributed by atoms with E-state index >= 15 is 0 Å². The van der Waals surface area contributed by atoms with Crippen LogP contribution in [0.5, 0.6) is 5.75 Å². The Morgan fingerprint density at radius 2 is 2.00 bits per heavy atom. The van der Waals surface area contributed by atoms with Gasteiger partial charge in [0.05, 0.1) is 18.6 Å². The number of halogens is 3. The fourth-order valence-electron chi connectivity index (χ4n) is 5.92. The minimum atomic E-state index is -4.45. The van der Waals surface area contributed by atoms with Crippen molar-refractivity contribution in [2.45, 2.75) is 69.2 Å². The highest BCUT2D eigenvalue weighted by Gasteiger charge is 2.51. The maximum absolute atomic E-state index is 13.5. The molecule has 5 nitrogen and oxygen atoms in total. The SMILES string of the molecule is COC(=O)[C@@H](C)[C@H](c1ccc2c(c1)OC1(CC2)CC(N(C)c2ncccc2C(F)(F)F)C1)C1CC1. The van der Waals surface area contributed by atoms with Crippen molar-refractivity contribution in [3.8, 4) is 5.75 Å². The maximum Gasteiger partial charge on any atom is 0.419 e. The molecule has 5 rings (SSSR count). The van der Waals surface area contributed by atoms with Crippen molar-refractivity contribution in [3.63, 3.8) is 0 Å². The second-order valence-corrected chi connectivity index (χ2v) is 10.4. The van der Waals surface area contributed by atoms with Crippen molar-refractivity contribution in [1.82, 2.24) is 4.98 Å². The predicted octanol–water partition coefficient (Wildman–Crippen LogP) is 5.77. The monoisotopic (exact) mass is 488 g/mol. The molecule has 1 spiro atoms. The van der Waals surface area contributed by atoms with E-state index in [4.69, 9.17) is 9.47 Å². The zero-order valence-corrected chi connectivity index (χ0v) is 20.3. The molecule has 188 valence electrons. The Hall–Kier alpha value is -2.77. The molecule has 3 aliphatic rings. The Bertz CT molecular complexity index is 1110. The average Bonchev–Trinajstić information content (AvgIpc) is 3.65. The second-order valence-electron chi connectivity index (χ2n) is 10.4. The fourth-order valence-corrected chi connectivity index (χ4v) is 5.92. The molecule has 0 saturated heterocycles. The number of hydrogen-bond acceptors (Lipinski definition) is 5. The number of nitrogens with zero attached hydrogens (tertiary/aromatic N) is 2. The van der Waals surface area contributed by atoms with Gasteiger partial charge in [-0.05, 0) is 66.8 Å². The van der Waals surface area contributed by atoms with Gasteiger partial charge >= 0.3 is 12.1 Å². The number of aryl methyl sites for hydroxylation is 1. The van der Waals surface area contributed by atoms with E-state index < -0.39 is 11.7 Å². The van der Waals surface area contributed by atoms with E-state index in [1.165, 1.54) is 19.4 Å². The third-order valence-electron chi connectivity index (χ3n) is 8.08. The zero-order valence-electron chi connectivity index (χ0n) is 20.3. The van der Waals surface area contributed by atoms with E-state index in [0.29, 0.717) is 18.8 Å². The largest absolute Gasteiger partial charge is 0.487 e. The summed E-state index contributed by atoms with van der Waals surface area (Å²) in [4.78, 5) is 18.0. The molecule has 0 N–H and O–H groups in total. The Morgan fingerprint density at radius 3 is 2.66 bits per heavy atom. The van der Waals surface area contributed by atoms with Crippen molar-refractivity contribution in [2.24, 2.45) is 11.8 Å². The first-order valence-electron chi connectivity index (χ1n) is 12.3. The molecule has 0 amide bonds. The number of aromatic nitrogens is 1. The molecular weight excluding hydrogens is 457 g/mol. The number of esters is 1. The topological polar surface area (TPSA) is 51.7 Å². The highest BCUT2D eigenvalue weighted by Crippen LogP contribution is 2.51. The van der Waals surface area contributed by atoms with Gasteiger partial charge in [-0.3, -0.25) is 4.79 Å². The van der Waals surface area contributed by atoms with Crippen LogP contribution in [0.15, 0.2) is 36.5 Å². The first-order valence-corrected chi connectivity index (χ1v) is 12.3. The zero-order chi connectivity index (χ0) is 25.0. The second kappa shape index (κ2) is 8.71. The Morgan fingerprint density at radius 1 is 1.26 bits per heavy atom. The number of anilines is 1. The van der Waals surface area contributed by atoms with Crippen LogP contribution >= 0.6 is 0 Å². The number of hydrogen-bond donors (Lipinski definition) is 0. The Labute approximate surface area is 203 Å². The van der Waals surface area contributed by atoms with Gasteiger partial charge in [-0.15, -0.1) is 0 Å². The highest BCUT2D eigenvalue weighted by molar-refractivity contribution is 5.73. The molecular formula is C27H31F3N2O3. The summed E-state index contributed by atoms with van der Waals surface area (Å²) >= 11 is 0. The molecule has 1 aliphatic heterocycles. The van der Waals surface area contributed by atoms with Crippen molar-refractivity contribution in [1.29, 1.82) is 0 Å². The van der Waals surface area contributed by atoms with E-state index in [1.807, 2.05) is 6.92 Å². The molecule has 2 aliphatic carbocycles. The lowest BCUT2D eigenvalue weighted by molar-refractivity contribution is -0.145. The van der Waals surface area contributed by atoms with Gasteiger partial charge in [0, 0.05) is 32.1 Å². The van der Waals surface area contributed by atoms with Crippen LogP contribution in [0, 0.1) is 11.8 Å². The van der Waals surface area contributed by atoms with Crippen LogP contribution in [0.2, 0.25) is 0 Å². The number of carbonyl (C=O) groups is 1. The van der Waals surface area contributed by atoms with Gasteiger partial charge < -0.3 is 14.4 Å². The molecule has 0 bridgehead atoms. The van der Waals surface area contributed by atoms with Crippen LogP contribution in [0.25, 0.3) is 0 Å². The lowest BCUT2D eigenvalue weighted by atomic mass is 9.70. The number of carbonyl (C=O) groups excluding carboxylic acids is 1. The van der Waals surface area contributed by atoms with Crippen LogP contribution in [0.3, 0.4) is 0 Å². The number of methoxy groups -OCH3 is 1. The molecule has 2 aromatic rings. The summed E-state index contributed by atoms with van der Waals surface area (Å²) < 4.78 is 52.0. The smallest absolute Gasteiger partial charge is 0.419 e. The van der Waals surface area contributed by atoms with Crippen LogP contribution in [0.4, 0.5) is 19.0 Å². The van der Waals surface area contributed by atoms with Gasteiger partial charge in [0.2, 0.25) is 0 Å². The van der Waals surface area contributed by atoms with Crippen molar-refractivity contribution in [3.05, 3.63) is 53.2 Å². The molecule has 35 heavy (non-hydrogen) atoms. The van der Waals surface area contributed by atoms with Gasteiger partial charge in [0.25, 0.3) is 0 Å². The number of alkyl halides is 3. The van der Waals surface area contributed by atoms with E-state index in [2.05, 4.69) is 23.2 Å². The van der Waals surface area contributed by atoms with Crippen LogP contribution < -0.4 is 9.64 Å². The van der Waals surface area contributed by atoms with E-state index in [0.717, 1.165) is 48.6 Å². The molecule has 0 radical (unpaired) electrons. The number of benzene rings is 1. The number of rotatable bonds is 6. The highest BCUT2D eigenvalue weighted by atomic mass is 19.4. The fraction of sp³-hybridized carbons (Fsp3) is 0.556. The van der Waals surface area contributed by atoms with Gasteiger partial charge in [0.15, 0.2) is 0 Å². The van der Waals surface area contributed by atoms with Gasteiger partial charge in [0.1, 0.15) is 17.2 Å². The van der Waals surface area contributed by atoms with Crippen LogP contribution in [-0.4, -0.2) is 36.8 Å². The van der Waals surface area contributed by atoms with Crippen LogP contribution in [-0.2, 0) is 22.1 Å². The number of pyridine rings is 1. The molecule has 0 unspecified atom stereocenters. The van der Waals surface area contributed by atoms with Crippen molar-refractivity contribution in [2.75, 3.05) is 19.1 Å². The Balaban J connectivity index is 1.32. The first-order chi connectivity index (χ1) is 16.6. The summed E-state index contributed by atoms with van der Waals surface area (Å²) in [5.41, 5.74) is 1.15. The number of fused-ring (bicyclic) bond motifs is 1. The van der Waals surface area contributed by atoms with E-state index in [1.54, 1.807) is 11.9 Å². The average molecular weight is 489 g/mol. The predicted molar refractivity (Wildman–Crippen MR) is 125 cm³/mol. The third kappa shape index (κ3) is 4.47. The van der Waals surface area contributed by atoms with Crippen LogP contribution in [0.1, 0.15) is 61.6 Å².